The van der Waals surface area contributed by atoms with Gasteiger partial charge < -0.3 is 4.74 Å². The number of benzene rings is 1. The van der Waals surface area contributed by atoms with Crippen LogP contribution < -0.4 is 4.72 Å². The lowest BCUT2D eigenvalue weighted by Crippen LogP contribution is -2.38. The fourth-order valence-corrected chi connectivity index (χ4v) is 3.64. The third-order valence-corrected chi connectivity index (χ3v) is 4.66. The molecule has 1 fully saturated rings. The van der Waals surface area contributed by atoms with Crippen molar-refractivity contribution < 1.29 is 13.2 Å². The number of rotatable bonds is 3. The highest BCUT2D eigenvalue weighted by atomic mass is 79.9. The first-order chi connectivity index (χ1) is 8.08. The van der Waals surface area contributed by atoms with Crippen molar-refractivity contribution in [1.29, 1.82) is 0 Å². The summed E-state index contributed by atoms with van der Waals surface area (Å²) in [6.07, 6.45) is 1.46. The van der Waals surface area contributed by atoms with Crippen LogP contribution in [0.3, 0.4) is 0 Å². The Balaban J connectivity index is 2.13. The highest BCUT2D eigenvalue weighted by Crippen LogP contribution is 2.17. The summed E-state index contributed by atoms with van der Waals surface area (Å²) in [6, 6.07) is 6.68. The van der Waals surface area contributed by atoms with Gasteiger partial charge in [-0.2, -0.15) is 0 Å². The Hall–Kier alpha value is -0.430. The fourth-order valence-electron chi connectivity index (χ4n) is 1.74. The minimum absolute atomic E-state index is 0.0206. The fraction of sp³-hybridized carbons (Fsp3) is 0.455. The van der Waals surface area contributed by atoms with Crippen LogP contribution in [0.25, 0.3) is 0 Å². The lowest BCUT2D eigenvalue weighted by Gasteiger charge is -2.22. The van der Waals surface area contributed by atoms with E-state index in [2.05, 4.69) is 20.7 Å². The summed E-state index contributed by atoms with van der Waals surface area (Å²) in [5, 5.41) is 0. The molecular weight excluding hydrogens is 306 g/mol. The predicted molar refractivity (Wildman–Crippen MR) is 68.3 cm³/mol. The molecular formula is C11H14BrNO3S. The van der Waals surface area contributed by atoms with Crippen LogP contribution in [-0.4, -0.2) is 27.7 Å². The average Bonchev–Trinajstić information content (AvgIpc) is 2.30. The van der Waals surface area contributed by atoms with Crippen molar-refractivity contribution in [2.45, 2.75) is 23.8 Å². The maximum atomic E-state index is 12.1. The van der Waals surface area contributed by atoms with Gasteiger partial charge in [-0.25, -0.2) is 13.1 Å². The molecule has 1 aromatic rings. The van der Waals surface area contributed by atoms with Crippen molar-refractivity contribution in [3.8, 4) is 0 Å². The Bertz CT molecular complexity index is 483. The van der Waals surface area contributed by atoms with Gasteiger partial charge >= 0.3 is 0 Å². The molecule has 0 spiro atoms. The molecule has 0 atom stereocenters. The number of halogens is 1. The molecule has 0 aromatic heterocycles. The van der Waals surface area contributed by atoms with E-state index >= 15 is 0 Å². The average molecular weight is 320 g/mol. The normalized spacial score (nSPS) is 18.2. The van der Waals surface area contributed by atoms with Gasteiger partial charge in [0.2, 0.25) is 10.0 Å². The van der Waals surface area contributed by atoms with Gasteiger partial charge in [-0.3, -0.25) is 0 Å². The maximum Gasteiger partial charge on any atom is 0.240 e. The first-order valence-electron chi connectivity index (χ1n) is 5.43. The van der Waals surface area contributed by atoms with Crippen molar-refractivity contribution in [2.75, 3.05) is 13.2 Å². The first kappa shape index (κ1) is 13.0. The molecule has 1 saturated heterocycles. The molecule has 0 bridgehead atoms. The van der Waals surface area contributed by atoms with E-state index in [0.717, 1.165) is 17.3 Å². The molecule has 1 N–H and O–H groups in total. The molecule has 94 valence electrons. The second kappa shape index (κ2) is 5.48. The Morgan fingerprint density at radius 1 is 1.29 bits per heavy atom. The van der Waals surface area contributed by atoms with Gasteiger partial charge in [-0.05, 0) is 31.0 Å². The maximum absolute atomic E-state index is 12.1. The number of ether oxygens (including phenoxy) is 1. The number of sulfonamides is 1. The zero-order valence-corrected chi connectivity index (χ0v) is 11.6. The van der Waals surface area contributed by atoms with E-state index in [1.165, 1.54) is 0 Å². The number of hydrogen-bond acceptors (Lipinski definition) is 3. The van der Waals surface area contributed by atoms with E-state index in [1.807, 2.05) is 0 Å². The van der Waals surface area contributed by atoms with Gasteiger partial charge in [-0.1, -0.05) is 22.0 Å². The molecule has 0 unspecified atom stereocenters. The summed E-state index contributed by atoms with van der Waals surface area (Å²) in [5.74, 6) is 0. The smallest absolute Gasteiger partial charge is 0.240 e. The molecule has 0 amide bonds. The van der Waals surface area contributed by atoms with Crippen LogP contribution in [0.4, 0.5) is 0 Å². The summed E-state index contributed by atoms with van der Waals surface area (Å²) < 4.78 is 32.8. The van der Waals surface area contributed by atoms with Crippen molar-refractivity contribution >= 4 is 26.0 Å². The lowest BCUT2D eigenvalue weighted by atomic mass is 10.1. The molecule has 0 aliphatic carbocycles. The summed E-state index contributed by atoms with van der Waals surface area (Å²) in [5.41, 5.74) is 0. The van der Waals surface area contributed by atoms with Crippen LogP contribution in [-0.2, 0) is 14.8 Å². The summed E-state index contributed by atoms with van der Waals surface area (Å²) in [7, 11) is -3.42. The quantitative estimate of drug-likeness (QED) is 0.925. The van der Waals surface area contributed by atoms with Crippen LogP contribution in [0.5, 0.6) is 0 Å². The topological polar surface area (TPSA) is 55.4 Å². The van der Waals surface area contributed by atoms with Gasteiger partial charge in [0, 0.05) is 23.7 Å². The van der Waals surface area contributed by atoms with Crippen molar-refractivity contribution in [1.82, 2.24) is 4.72 Å². The van der Waals surface area contributed by atoms with Gasteiger partial charge in [0.25, 0.3) is 0 Å². The van der Waals surface area contributed by atoms with E-state index < -0.39 is 10.0 Å². The molecule has 17 heavy (non-hydrogen) atoms. The van der Waals surface area contributed by atoms with Gasteiger partial charge in [0.05, 0.1) is 4.90 Å². The minimum atomic E-state index is -3.42. The van der Waals surface area contributed by atoms with Crippen LogP contribution in [0.2, 0.25) is 0 Å². The lowest BCUT2D eigenvalue weighted by molar-refractivity contribution is 0.0832. The second-order valence-corrected chi connectivity index (χ2v) is 6.59. The van der Waals surface area contributed by atoms with Gasteiger partial charge in [0.1, 0.15) is 0 Å². The SMILES string of the molecule is O=S(=O)(NC1CCOCC1)c1cccc(Br)c1. The largest absolute Gasteiger partial charge is 0.381 e. The van der Waals surface area contributed by atoms with E-state index in [4.69, 9.17) is 4.74 Å². The molecule has 4 nitrogen and oxygen atoms in total. The number of nitrogens with one attached hydrogen (secondary N) is 1. The second-order valence-electron chi connectivity index (χ2n) is 3.97. The molecule has 0 radical (unpaired) electrons. The van der Waals surface area contributed by atoms with Crippen molar-refractivity contribution in [2.24, 2.45) is 0 Å². The molecule has 1 heterocycles. The Morgan fingerprint density at radius 2 is 2.00 bits per heavy atom. The highest BCUT2D eigenvalue weighted by molar-refractivity contribution is 9.10. The zero-order valence-electron chi connectivity index (χ0n) is 9.23. The highest BCUT2D eigenvalue weighted by Gasteiger charge is 2.21. The van der Waals surface area contributed by atoms with Crippen LogP contribution >= 0.6 is 15.9 Å². The monoisotopic (exact) mass is 319 g/mol. The molecule has 0 saturated carbocycles. The molecule has 2 rings (SSSR count). The van der Waals surface area contributed by atoms with Gasteiger partial charge in [-0.15, -0.1) is 0 Å². The number of hydrogen-bond donors (Lipinski definition) is 1. The summed E-state index contributed by atoms with van der Waals surface area (Å²) in [6.45, 7) is 1.23. The Labute approximate surface area is 110 Å². The molecule has 1 aliphatic heterocycles. The van der Waals surface area contributed by atoms with E-state index in [0.29, 0.717) is 18.1 Å². The van der Waals surface area contributed by atoms with Gasteiger partial charge in [0.15, 0.2) is 0 Å². The summed E-state index contributed by atoms with van der Waals surface area (Å²) in [4.78, 5) is 0.290. The van der Waals surface area contributed by atoms with Crippen molar-refractivity contribution in [3.63, 3.8) is 0 Å². The van der Waals surface area contributed by atoms with E-state index in [9.17, 15) is 8.42 Å². The van der Waals surface area contributed by atoms with Crippen LogP contribution in [0.15, 0.2) is 33.6 Å². The van der Waals surface area contributed by atoms with Crippen LogP contribution in [0, 0.1) is 0 Å². The Kier molecular flexibility index (Phi) is 4.19. The first-order valence-corrected chi connectivity index (χ1v) is 7.71. The zero-order chi connectivity index (χ0) is 12.3. The minimum Gasteiger partial charge on any atom is -0.381 e. The van der Waals surface area contributed by atoms with E-state index in [-0.39, 0.29) is 6.04 Å². The standard InChI is InChI=1S/C11H14BrNO3S/c12-9-2-1-3-11(8-9)17(14,15)13-10-4-6-16-7-5-10/h1-3,8,10,13H,4-7H2. The predicted octanol–water partition coefficient (Wildman–Crippen LogP) is 1.91. The summed E-state index contributed by atoms with van der Waals surface area (Å²) >= 11 is 3.27. The van der Waals surface area contributed by atoms with E-state index in [1.54, 1.807) is 24.3 Å². The third kappa shape index (κ3) is 3.51. The Morgan fingerprint density at radius 3 is 2.65 bits per heavy atom. The third-order valence-electron chi connectivity index (χ3n) is 2.65. The molecule has 6 heteroatoms. The van der Waals surface area contributed by atoms with Crippen molar-refractivity contribution in [3.05, 3.63) is 28.7 Å². The van der Waals surface area contributed by atoms with Crippen LogP contribution in [0.1, 0.15) is 12.8 Å². The molecule has 1 aromatic carbocycles. The molecule has 1 aliphatic rings.